The lowest BCUT2D eigenvalue weighted by atomic mass is 10.2. The van der Waals surface area contributed by atoms with E-state index in [-0.39, 0.29) is 17.7 Å². The summed E-state index contributed by atoms with van der Waals surface area (Å²) >= 11 is 1.27. The van der Waals surface area contributed by atoms with Gasteiger partial charge in [0.2, 0.25) is 11.1 Å². The summed E-state index contributed by atoms with van der Waals surface area (Å²) < 4.78 is 12.1. The molecule has 1 unspecified atom stereocenters. The van der Waals surface area contributed by atoms with Gasteiger partial charge in [0.05, 0.1) is 24.3 Å². The maximum Gasteiger partial charge on any atom is 0.231 e. The Hall–Kier alpha value is -2.55. The summed E-state index contributed by atoms with van der Waals surface area (Å²) in [4.78, 5) is 12.0. The highest BCUT2D eigenvalue weighted by atomic mass is 32.2. The van der Waals surface area contributed by atoms with Crippen molar-refractivity contribution >= 4 is 17.7 Å². The maximum absolute atomic E-state index is 12.0. The number of hydrogen-bond donors (Lipinski definition) is 1. The summed E-state index contributed by atoms with van der Waals surface area (Å²) in [6.45, 7) is 2.29. The number of nitrogens with one attached hydrogen (secondary N) is 1. The zero-order chi connectivity index (χ0) is 16.1. The lowest BCUT2D eigenvalue weighted by Crippen LogP contribution is -2.28. The molecule has 3 heterocycles. The van der Waals surface area contributed by atoms with Gasteiger partial charge in [0.15, 0.2) is 0 Å². The van der Waals surface area contributed by atoms with Gasteiger partial charge in [-0.05, 0) is 41.6 Å². The third-order valence-electron chi connectivity index (χ3n) is 3.06. The number of carbonyl (C=O) groups excluding carboxylic acids is 1. The molecule has 0 aliphatic heterocycles. The molecule has 1 atom stereocenters. The van der Waals surface area contributed by atoms with E-state index in [4.69, 9.17) is 8.83 Å². The van der Waals surface area contributed by atoms with Crippen molar-refractivity contribution in [1.29, 1.82) is 0 Å². The van der Waals surface area contributed by atoms with Gasteiger partial charge in [-0.15, -0.1) is 5.10 Å². The van der Waals surface area contributed by atoms with Gasteiger partial charge in [0, 0.05) is 0 Å². The van der Waals surface area contributed by atoms with Crippen molar-refractivity contribution in [2.75, 3.05) is 5.75 Å². The molecule has 1 amide bonds. The molecule has 0 radical (unpaired) electrons. The normalized spacial score (nSPS) is 12.2. The van der Waals surface area contributed by atoms with Crippen LogP contribution >= 0.6 is 11.8 Å². The van der Waals surface area contributed by atoms with Gasteiger partial charge in [-0.25, -0.2) is 4.68 Å². The minimum atomic E-state index is -0.183. The Morgan fingerprint density at radius 2 is 2.17 bits per heavy atom. The predicted molar refractivity (Wildman–Crippen MR) is 81.6 cm³/mol. The van der Waals surface area contributed by atoms with Crippen molar-refractivity contribution in [2.24, 2.45) is 0 Å². The summed E-state index contributed by atoms with van der Waals surface area (Å²) in [7, 11) is 0. The molecule has 3 aromatic heterocycles. The summed E-state index contributed by atoms with van der Waals surface area (Å²) in [6, 6.07) is 7.07. The molecular weight excluding hydrogens is 318 g/mol. The number of hydrogen-bond acceptors (Lipinski definition) is 7. The summed E-state index contributed by atoms with van der Waals surface area (Å²) in [6.07, 6.45) is 3.17. The Balaban J connectivity index is 1.52. The molecule has 0 aliphatic carbocycles. The van der Waals surface area contributed by atoms with E-state index in [1.807, 2.05) is 19.1 Å². The first-order chi connectivity index (χ1) is 11.2. The van der Waals surface area contributed by atoms with Crippen molar-refractivity contribution in [1.82, 2.24) is 25.5 Å². The zero-order valence-corrected chi connectivity index (χ0v) is 13.2. The molecule has 0 bridgehead atoms. The molecule has 8 nitrogen and oxygen atoms in total. The van der Waals surface area contributed by atoms with Crippen molar-refractivity contribution in [3.63, 3.8) is 0 Å². The standard InChI is InChI=1S/C14H15N5O3S/c1-10(12-5-3-7-22-12)15-13(20)9-23-14-16-17-18-19(14)8-11-4-2-6-21-11/h2-7,10H,8-9H2,1H3,(H,15,20). The van der Waals surface area contributed by atoms with Crippen LogP contribution in [0.15, 0.2) is 50.8 Å². The van der Waals surface area contributed by atoms with E-state index in [1.165, 1.54) is 11.8 Å². The largest absolute Gasteiger partial charge is 0.467 e. The van der Waals surface area contributed by atoms with E-state index >= 15 is 0 Å². The Labute approximate surface area is 136 Å². The molecule has 3 rings (SSSR count). The van der Waals surface area contributed by atoms with Crippen LogP contribution in [0.5, 0.6) is 0 Å². The number of nitrogens with zero attached hydrogens (tertiary/aromatic N) is 4. The van der Waals surface area contributed by atoms with E-state index in [1.54, 1.807) is 29.3 Å². The number of furan rings is 2. The van der Waals surface area contributed by atoms with Crippen molar-refractivity contribution in [2.45, 2.75) is 24.7 Å². The van der Waals surface area contributed by atoms with Crippen LogP contribution in [0.4, 0.5) is 0 Å². The molecule has 1 N–H and O–H groups in total. The number of thioether (sulfide) groups is 1. The van der Waals surface area contributed by atoms with Crippen LogP contribution in [0.3, 0.4) is 0 Å². The number of amides is 1. The highest BCUT2D eigenvalue weighted by molar-refractivity contribution is 7.99. The summed E-state index contributed by atoms with van der Waals surface area (Å²) in [5, 5.41) is 14.9. The first-order valence-corrected chi connectivity index (χ1v) is 7.95. The smallest absolute Gasteiger partial charge is 0.231 e. The molecule has 0 aliphatic rings. The Morgan fingerprint density at radius 1 is 1.35 bits per heavy atom. The third kappa shape index (κ3) is 4.01. The predicted octanol–water partition coefficient (Wildman–Crippen LogP) is 1.88. The number of aromatic nitrogens is 4. The molecule has 120 valence electrons. The van der Waals surface area contributed by atoms with Gasteiger partial charge in [0.25, 0.3) is 0 Å². The monoisotopic (exact) mass is 333 g/mol. The van der Waals surface area contributed by atoms with E-state index in [9.17, 15) is 4.79 Å². The molecule has 9 heteroatoms. The van der Waals surface area contributed by atoms with Gasteiger partial charge >= 0.3 is 0 Å². The fraction of sp³-hybridized carbons (Fsp3) is 0.286. The Bertz CT molecular complexity index is 738. The minimum Gasteiger partial charge on any atom is -0.467 e. The fourth-order valence-corrected chi connectivity index (χ4v) is 2.66. The molecule has 23 heavy (non-hydrogen) atoms. The second-order valence-corrected chi connectivity index (χ2v) is 5.73. The highest BCUT2D eigenvalue weighted by Crippen LogP contribution is 2.16. The van der Waals surface area contributed by atoms with Gasteiger partial charge in [-0.2, -0.15) is 0 Å². The van der Waals surface area contributed by atoms with Gasteiger partial charge in [-0.1, -0.05) is 11.8 Å². The number of carbonyl (C=O) groups is 1. The van der Waals surface area contributed by atoms with Crippen molar-refractivity contribution < 1.29 is 13.6 Å². The van der Waals surface area contributed by atoms with Crippen LogP contribution in [0.25, 0.3) is 0 Å². The molecule has 0 fully saturated rings. The molecular formula is C14H15N5O3S. The van der Waals surface area contributed by atoms with Gasteiger partial charge < -0.3 is 14.2 Å². The van der Waals surface area contributed by atoms with E-state index in [0.717, 1.165) is 5.76 Å². The lowest BCUT2D eigenvalue weighted by molar-refractivity contribution is -0.119. The van der Waals surface area contributed by atoms with Crippen LogP contribution in [0.1, 0.15) is 24.5 Å². The van der Waals surface area contributed by atoms with Crippen LogP contribution in [-0.4, -0.2) is 31.9 Å². The van der Waals surface area contributed by atoms with Crippen LogP contribution in [0, 0.1) is 0 Å². The number of rotatable bonds is 7. The lowest BCUT2D eigenvalue weighted by Gasteiger charge is -2.10. The Morgan fingerprint density at radius 3 is 2.91 bits per heavy atom. The maximum atomic E-state index is 12.0. The molecule has 3 aromatic rings. The first-order valence-electron chi connectivity index (χ1n) is 6.96. The van der Waals surface area contributed by atoms with Crippen LogP contribution in [-0.2, 0) is 11.3 Å². The third-order valence-corrected chi connectivity index (χ3v) is 4.02. The summed E-state index contributed by atoms with van der Waals surface area (Å²) in [5.41, 5.74) is 0. The van der Waals surface area contributed by atoms with Gasteiger partial charge in [-0.3, -0.25) is 4.79 Å². The quantitative estimate of drug-likeness (QED) is 0.659. The van der Waals surface area contributed by atoms with Crippen molar-refractivity contribution in [3.8, 4) is 0 Å². The highest BCUT2D eigenvalue weighted by Gasteiger charge is 2.14. The summed E-state index contributed by atoms with van der Waals surface area (Å²) in [5.74, 6) is 1.55. The fourth-order valence-electron chi connectivity index (χ4n) is 1.97. The van der Waals surface area contributed by atoms with E-state index in [2.05, 4.69) is 20.8 Å². The van der Waals surface area contributed by atoms with Crippen molar-refractivity contribution in [3.05, 3.63) is 48.3 Å². The van der Waals surface area contributed by atoms with Crippen LogP contribution in [0.2, 0.25) is 0 Å². The molecule has 0 aromatic carbocycles. The SMILES string of the molecule is CC(NC(=O)CSc1nnnn1Cc1ccco1)c1ccco1. The second-order valence-electron chi connectivity index (χ2n) is 4.79. The van der Waals surface area contributed by atoms with Crippen LogP contribution < -0.4 is 5.32 Å². The average Bonchev–Trinajstić information content (AvgIpc) is 3.29. The van der Waals surface area contributed by atoms with E-state index in [0.29, 0.717) is 17.5 Å². The van der Waals surface area contributed by atoms with Gasteiger partial charge in [0.1, 0.15) is 18.1 Å². The molecule has 0 saturated heterocycles. The minimum absolute atomic E-state index is 0.119. The first kappa shape index (κ1) is 15.3. The Kier molecular flexibility index (Phi) is 4.77. The number of tetrazole rings is 1. The van der Waals surface area contributed by atoms with E-state index < -0.39 is 0 Å². The molecule has 0 spiro atoms. The average molecular weight is 333 g/mol. The second kappa shape index (κ2) is 7.14. The topological polar surface area (TPSA) is 99.0 Å². The zero-order valence-electron chi connectivity index (χ0n) is 12.4. The molecule has 0 saturated carbocycles.